The number of nitrogens with one attached hydrogen (secondary N) is 1. The molecule has 1 aromatic carbocycles. The van der Waals surface area contributed by atoms with Gasteiger partial charge >= 0.3 is 5.69 Å². The van der Waals surface area contributed by atoms with Gasteiger partial charge < -0.3 is 10.2 Å². The van der Waals surface area contributed by atoms with Crippen molar-refractivity contribution in [1.82, 2.24) is 19.5 Å². The van der Waals surface area contributed by atoms with E-state index in [1.54, 1.807) is 7.05 Å². The van der Waals surface area contributed by atoms with E-state index in [1.807, 2.05) is 18.2 Å². The molecular formula is C23H32N6O3. The number of anilines is 1. The highest BCUT2D eigenvalue weighted by atomic mass is 16.2. The van der Waals surface area contributed by atoms with Crippen molar-refractivity contribution in [3.8, 4) is 0 Å². The summed E-state index contributed by atoms with van der Waals surface area (Å²) in [5.41, 5.74) is 2.03. The Hall–Kier alpha value is -2.65. The van der Waals surface area contributed by atoms with Gasteiger partial charge in [-0.1, -0.05) is 0 Å². The van der Waals surface area contributed by atoms with E-state index in [9.17, 15) is 14.4 Å². The number of carbonyl (C=O) groups excluding carboxylic acids is 2. The first-order valence-corrected chi connectivity index (χ1v) is 11.8. The predicted molar refractivity (Wildman–Crippen MR) is 124 cm³/mol. The molecule has 5 rings (SSSR count). The number of piperazine rings is 1. The molecule has 172 valence electrons. The molecule has 2 aromatic rings. The minimum atomic E-state index is -0.368. The van der Waals surface area contributed by atoms with Crippen LogP contribution in [0.2, 0.25) is 0 Å². The van der Waals surface area contributed by atoms with E-state index in [1.165, 1.54) is 28.6 Å². The molecule has 0 unspecified atom stereocenters. The van der Waals surface area contributed by atoms with E-state index in [2.05, 4.69) is 15.1 Å². The van der Waals surface area contributed by atoms with Gasteiger partial charge in [-0.25, -0.2) is 4.79 Å². The SMILES string of the molecule is Cn1c(=O)n(N2C(=O)CCCC2=O)c2ccc(N3CCN(CC4CCNCC4)CC3)cc21. The normalized spacial score (nSPS) is 21.7. The number of imide groups is 1. The van der Waals surface area contributed by atoms with Gasteiger partial charge in [-0.15, -0.1) is 0 Å². The molecule has 0 saturated carbocycles. The molecule has 0 radical (unpaired) electrons. The first-order chi connectivity index (χ1) is 15.5. The molecule has 4 heterocycles. The van der Waals surface area contributed by atoms with Crippen molar-refractivity contribution in [1.29, 1.82) is 0 Å². The van der Waals surface area contributed by atoms with Crippen LogP contribution in [0.3, 0.4) is 0 Å². The van der Waals surface area contributed by atoms with Gasteiger partial charge in [0.2, 0.25) is 11.8 Å². The molecule has 3 aliphatic heterocycles. The fourth-order valence-electron chi connectivity index (χ4n) is 5.28. The minimum absolute atomic E-state index is 0.286. The quantitative estimate of drug-likeness (QED) is 0.703. The number of fused-ring (bicyclic) bond motifs is 1. The summed E-state index contributed by atoms with van der Waals surface area (Å²) in [4.78, 5) is 42.7. The third-order valence-corrected chi connectivity index (χ3v) is 7.18. The number of aryl methyl sites for hydroxylation is 1. The summed E-state index contributed by atoms with van der Waals surface area (Å²) in [6.07, 6.45) is 3.65. The average Bonchev–Trinajstić information content (AvgIpc) is 3.05. The number of piperidine rings is 2. The summed E-state index contributed by atoms with van der Waals surface area (Å²) in [5.74, 6) is 0.170. The van der Waals surface area contributed by atoms with Gasteiger partial charge in [0.25, 0.3) is 0 Å². The van der Waals surface area contributed by atoms with Crippen LogP contribution in [-0.4, -0.2) is 71.8 Å². The molecule has 9 nitrogen and oxygen atoms in total. The monoisotopic (exact) mass is 440 g/mol. The highest BCUT2D eigenvalue weighted by Crippen LogP contribution is 2.24. The molecule has 1 aromatic heterocycles. The van der Waals surface area contributed by atoms with Gasteiger partial charge in [0.15, 0.2) is 0 Å². The molecule has 3 aliphatic rings. The van der Waals surface area contributed by atoms with Gasteiger partial charge in [0.05, 0.1) is 11.0 Å². The van der Waals surface area contributed by atoms with Crippen molar-refractivity contribution in [3.05, 3.63) is 28.7 Å². The number of hydrogen-bond donors (Lipinski definition) is 1. The van der Waals surface area contributed by atoms with Crippen LogP contribution in [0, 0.1) is 5.92 Å². The van der Waals surface area contributed by atoms with Gasteiger partial charge in [0, 0.05) is 58.3 Å². The Morgan fingerprint density at radius 2 is 1.62 bits per heavy atom. The van der Waals surface area contributed by atoms with Gasteiger partial charge in [-0.2, -0.15) is 9.69 Å². The van der Waals surface area contributed by atoms with Gasteiger partial charge in [0.1, 0.15) is 0 Å². The molecule has 9 heteroatoms. The molecule has 1 N–H and O–H groups in total. The molecule has 32 heavy (non-hydrogen) atoms. The second kappa shape index (κ2) is 8.71. The molecule has 3 saturated heterocycles. The largest absolute Gasteiger partial charge is 0.369 e. The summed E-state index contributed by atoms with van der Waals surface area (Å²) >= 11 is 0. The lowest BCUT2D eigenvalue weighted by atomic mass is 9.97. The number of carbonyl (C=O) groups is 2. The van der Waals surface area contributed by atoms with Gasteiger partial charge in [-0.3, -0.25) is 19.1 Å². The predicted octanol–water partition coefficient (Wildman–Crippen LogP) is 0.637. The van der Waals surface area contributed by atoms with Crippen LogP contribution in [0.1, 0.15) is 32.1 Å². The molecule has 0 aliphatic carbocycles. The second-order valence-corrected chi connectivity index (χ2v) is 9.26. The molecular weight excluding hydrogens is 408 g/mol. The maximum Gasteiger partial charge on any atom is 0.348 e. The highest BCUT2D eigenvalue weighted by Gasteiger charge is 2.31. The summed E-state index contributed by atoms with van der Waals surface area (Å²) in [5, 5.41) is 4.47. The first-order valence-electron chi connectivity index (χ1n) is 11.8. The summed E-state index contributed by atoms with van der Waals surface area (Å²) in [7, 11) is 1.70. The summed E-state index contributed by atoms with van der Waals surface area (Å²) in [6.45, 7) is 7.44. The van der Waals surface area contributed by atoms with Gasteiger partial charge in [-0.05, 0) is 56.5 Å². The van der Waals surface area contributed by atoms with Crippen molar-refractivity contribution in [2.24, 2.45) is 13.0 Å². The number of imidazole rings is 1. The number of rotatable bonds is 4. The zero-order chi connectivity index (χ0) is 22.2. The second-order valence-electron chi connectivity index (χ2n) is 9.26. The van der Waals surface area contributed by atoms with Crippen molar-refractivity contribution in [2.75, 3.05) is 55.7 Å². The van der Waals surface area contributed by atoms with Crippen LogP contribution in [0.4, 0.5) is 5.69 Å². The standard InChI is InChI=1S/C23H32N6O3/c1-25-20-15-18(27-13-11-26(12-14-27)16-17-7-9-24-10-8-17)5-6-19(20)28(23(25)32)29-21(30)3-2-4-22(29)31/h5-6,15,17,24H,2-4,7-14,16H2,1H3. The fourth-order valence-corrected chi connectivity index (χ4v) is 5.28. The fraction of sp³-hybridized carbons (Fsp3) is 0.609. The smallest absolute Gasteiger partial charge is 0.348 e. The van der Waals surface area contributed by atoms with Crippen LogP contribution in [-0.2, 0) is 16.6 Å². The molecule has 2 amide bonds. The molecule has 0 atom stereocenters. The Morgan fingerprint density at radius 3 is 2.31 bits per heavy atom. The van der Waals surface area contributed by atoms with E-state index in [0.29, 0.717) is 11.9 Å². The van der Waals surface area contributed by atoms with E-state index in [0.717, 1.165) is 61.4 Å². The number of aromatic nitrogens is 2. The van der Waals surface area contributed by atoms with E-state index >= 15 is 0 Å². The Kier molecular flexibility index (Phi) is 5.77. The van der Waals surface area contributed by atoms with E-state index in [-0.39, 0.29) is 30.3 Å². The third kappa shape index (κ3) is 3.84. The molecule has 0 bridgehead atoms. The Morgan fingerprint density at radius 1 is 0.938 bits per heavy atom. The number of benzene rings is 1. The molecule has 3 fully saturated rings. The van der Waals surface area contributed by atoms with Crippen molar-refractivity contribution < 1.29 is 9.59 Å². The lowest BCUT2D eigenvalue weighted by Gasteiger charge is -2.38. The number of hydrogen-bond acceptors (Lipinski definition) is 6. The van der Waals surface area contributed by atoms with Crippen LogP contribution in [0.25, 0.3) is 11.0 Å². The Balaban J connectivity index is 1.34. The lowest BCUT2D eigenvalue weighted by molar-refractivity contribution is -0.131. The topological polar surface area (TPSA) is 82.8 Å². The molecule has 0 spiro atoms. The third-order valence-electron chi connectivity index (χ3n) is 7.18. The minimum Gasteiger partial charge on any atom is -0.369 e. The zero-order valence-electron chi connectivity index (χ0n) is 18.8. The van der Waals surface area contributed by atoms with E-state index < -0.39 is 0 Å². The van der Waals surface area contributed by atoms with Crippen LogP contribution < -0.4 is 20.9 Å². The number of nitrogens with zero attached hydrogens (tertiary/aromatic N) is 5. The van der Waals surface area contributed by atoms with E-state index in [4.69, 9.17) is 0 Å². The van der Waals surface area contributed by atoms with Crippen molar-refractivity contribution in [3.63, 3.8) is 0 Å². The Labute approximate surface area is 187 Å². The average molecular weight is 441 g/mol. The maximum atomic E-state index is 13.0. The summed E-state index contributed by atoms with van der Waals surface area (Å²) < 4.78 is 2.78. The lowest BCUT2D eigenvalue weighted by Crippen LogP contribution is -2.52. The highest BCUT2D eigenvalue weighted by molar-refractivity contribution is 6.11. The van der Waals surface area contributed by atoms with Crippen LogP contribution >= 0.6 is 0 Å². The number of amides is 2. The first kappa shape index (κ1) is 21.2. The Bertz CT molecular complexity index is 1060. The van der Waals surface area contributed by atoms with Crippen molar-refractivity contribution in [2.45, 2.75) is 32.1 Å². The summed E-state index contributed by atoms with van der Waals surface area (Å²) in [6, 6.07) is 5.87. The van der Waals surface area contributed by atoms with Crippen LogP contribution in [0.15, 0.2) is 23.0 Å². The van der Waals surface area contributed by atoms with Crippen molar-refractivity contribution >= 4 is 28.5 Å². The zero-order valence-corrected chi connectivity index (χ0v) is 18.8. The van der Waals surface area contributed by atoms with Crippen LogP contribution in [0.5, 0.6) is 0 Å². The maximum absolute atomic E-state index is 13.0.